The van der Waals surface area contributed by atoms with Crippen molar-refractivity contribution in [1.82, 2.24) is 9.97 Å². The fourth-order valence-electron chi connectivity index (χ4n) is 1.33. The number of aromatic nitrogens is 2. The van der Waals surface area contributed by atoms with Gasteiger partial charge in [-0.25, -0.2) is 23.1 Å². The van der Waals surface area contributed by atoms with Crippen LogP contribution in [0, 0.1) is 15.9 Å². The molecule has 1 heterocycles. The molecule has 0 amide bonds. The highest BCUT2D eigenvalue weighted by Gasteiger charge is 2.21. The van der Waals surface area contributed by atoms with E-state index in [1.807, 2.05) is 4.72 Å². The average Bonchev–Trinajstić information content (AvgIpc) is 2.38. The third-order valence-electron chi connectivity index (χ3n) is 2.22. The number of rotatable bonds is 4. The zero-order valence-corrected chi connectivity index (χ0v) is 10.5. The molecule has 0 saturated heterocycles. The predicted octanol–water partition coefficient (Wildman–Crippen LogP) is 1.32. The van der Waals surface area contributed by atoms with Gasteiger partial charge in [0.25, 0.3) is 10.0 Å². The van der Waals surface area contributed by atoms with Gasteiger partial charge in [-0.3, -0.25) is 10.1 Å². The smallest absolute Gasteiger partial charge is 0.258 e. The van der Waals surface area contributed by atoms with Crippen molar-refractivity contribution in [1.29, 1.82) is 0 Å². The van der Waals surface area contributed by atoms with Crippen molar-refractivity contribution in [3.05, 3.63) is 52.6 Å². The lowest BCUT2D eigenvalue weighted by molar-refractivity contribution is -0.387. The second kappa shape index (κ2) is 5.17. The summed E-state index contributed by atoms with van der Waals surface area (Å²) in [6.07, 6.45) is 2.64. The lowest BCUT2D eigenvalue weighted by Crippen LogP contribution is -2.15. The van der Waals surface area contributed by atoms with Crippen LogP contribution >= 0.6 is 0 Å². The van der Waals surface area contributed by atoms with Gasteiger partial charge in [0, 0.05) is 24.5 Å². The van der Waals surface area contributed by atoms with E-state index in [4.69, 9.17) is 0 Å². The van der Waals surface area contributed by atoms with E-state index >= 15 is 0 Å². The van der Waals surface area contributed by atoms with E-state index in [2.05, 4.69) is 9.97 Å². The van der Waals surface area contributed by atoms with Gasteiger partial charge in [0.1, 0.15) is 0 Å². The number of sulfonamides is 1. The van der Waals surface area contributed by atoms with E-state index < -0.39 is 31.3 Å². The molecule has 20 heavy (non-hydrogen) atoms. The first-order chi connectivity index (χ1) is 9.40. The van der Waals surface area contributed by atoms with E-state index in [1.165, 1.54) is 18.5 Å². The number of hydrogen-bond acceptors (Lipinski definition) is 6. The second-order valence-electron chi connectivity index (χ2n) is 3.55. The van der Waals surface area contributed by atoms with Crippen LogP contribution in [0.2, 0.25) is 0 Å². The lowest BCUT2D eigenvalue weighted by Gasteiger charge is -2.06. The first-order valence-corrected chi connectivity index (χ1v) is 6.62. The molecule has 10 heteroatoms. The van der Waals surface area contributed by atoms with Crippen molar-refractivity contribution < 1.29 is 17.7 Å². The molecule has 0 radical (unpaired) electrons. The third kappa shape index (κ3) is 2.85. The summed E-state index contributed by atoms with van der Waals surface area (Å²) in [5, 5.41) is 10.5. The Kier molecular flexibility index (Phi) is 3.57. The van der Waals surface area contributed by atoms with Crippen molar-refractivity contribution in [3.63, 3.8) is 0 Å². The first-order valence-electron chi connectivity index (χ1n) is 5.14. The Morgan fingerprint density at radius 3 is 2.45 bits per heavy atom. The molecule has 104 valence electrons. The summed E-state index contributed by atoms with van der Waals surface area (Å²) in [5.74, 6) is -1.43. The highest BCUT2D eigenvalue weighted by molar-refractivity contribution is 7.92. The van der Waals surface area contributed by atoms with Crippen LogP contribution in [-0.2, 0) is 10.0 Å². The van der Waals surface area contributed by atoms with Gasteiger partial charge in [-0.2, -0.15) is 4.39 Å². The van der Waals surface area contributed by atoms with Gasteiger partial charge in [0.2, 0.25) is 11.8 Å². The summed E-state index contributed by atoms with van der Waals surface area (Å²) < 4.78 is 39.2. The number of anilines is 1. The van der Waals surface area contributed by atoms with Crippen LogP contribution in [0.5, 0.6) is 0 Å². The molecule has 1 N–H and O–H groups in total. The van der Waals surface area contributed by atoms with Gasteiger partial charge in [-0.1, -0.05) is 0 Å². The minimum atomic E-state index is -4.12. The second-order valence-corrected chi connectivity index (χ2v) is 5.23. The Bertz CT molecular complexity index is 751. The van der Waals surface area contributed by atoms with Crippen LogP contribution in [0.1, 0.15) is 0 Å². The van der Waals surface area contributed by atoms with Crippen LogP contribution in [0.4, 0.5) is 16.0 Å². The highest BCUT2D eigenvalue weighted by atomic mass is 32.2. The van der Waals surface area contributed by atoms with Crippen LogP contribution < -0.4 is 4.72 Å². The molecular weight excluding hydrogens is 291 g/mol. The van der Waals surface area contributed by atoms with E-state index in [0.29, 0.717) is 6.07 Å². The minimum absolute atomic E-state index is 0.189. The number of nitro groups is 1. The number of benzene rings is 1. The van der Waals surface area contributed by atoms with Gasteiger partial charge in [-0.05, 0) is 12.1 Å². The molecule has 0 aliphatic rings. The molecule has 0 atom stereocenters. The number of halogens is 1. The average molecular weight is 298 g/mol. The molecule has 8 nitrogen and oxygen atoms in total. The predicted molar refractivity (Wildman–Crippen MR) is 65.9 cm³/mol. The molecule has 2 rings (SSSR count). The van der Waals surface area contributed by atoms with Crippen LogP contribution in [-0.4, -0.2) is 23.3 Å². The summed E-state index contributed by atoms with van der Waals surface area (Å²) >= 11 is 0. The maximum absolute atomic E-state index is 13.4. The van der Waals surface area contributed by atoms with Crippen molar-refractivity contribution >= 4 is 21.7 Å². The molecule has 1 aromatic heterocycles. The summed E-state index contributed by atoms with van der Waals surface area (Å²) in [5.41, 5.74) is -0.806. The van der Waals surface area contributed by atoms with Gasteiger partial charge >= 0.3 is 5.69 Å². The summed E-state index contributed by atoms with van der Waals surface area (Å²) in [6.45, 7) is 0. The normalized spacial score (nSPS) is 11.1. The van der Waals surface area contributed by atoms with E-state index in [1.54, 1.807) is 0 Å². The Balaban J connectivity index is 2.35. The van der Waals surface area contributed by atoms with E-state index in [9.17, 15) is 22.9 Å². The standard InChI is InChI=1S/C10H7FN4O4S/c11-8-6-7(2-3-9(8)15(16)17)20(18,19)14-10-12-4-1-5-13-10/h1-6H,(H,12,13,14). The molecule has 0 spiro atoms. The third-order valence-corrected chi connectivity index (χ3v) is 3.54. The quantitative estimate of drug-likeness (QED) is 0.672. The Labute approximate surface area is 112 Å². The SMILES string of the molecule is O=[N+]([O-])c1ccc(S(=O)(=O)Nc2ncccn2)cc1F. The summed E-state index contributed by atoms with van der Waals surface area (Å²) in [6, 6.07) is 3.75. The number of nitrogens with zero attached hydrogens (tertiary/aromatic N) is 3. The van der Waals surface area contributed by atoms with Crippen molar-refractivity contribution in [3.8, 4) is 0 Å². The zero-order chi connectivity index (χ0) is 14.8. The van der Waals surface area contributed by atoms with Gasteiger partial charge in [-0.15, -0.1) is 0 Å². The maximum atomic E-state index is 13.4. The van der Waals surface area contributed by atoms with Crippen LogP contribution in [0.25, 0.3) is 0 Å². The van der Waals surface area contributed by atoms with E-state index in [0.717, 1.165) is 12.1 Å². The fraction of sp³-hybridized carbons (Fsp3) is 0. The molecule has 0 saturated carbocycles. The van der Waals surface area contributed by atoms with Crippen molar-refractivity contribution in [2.75, 3.05) is 4.72 Å². The first kappa shape index (κ1) is 13.8. The van der Waals surface area contributed by atoms with Crippen LogP contribution in [0.3, 0.4) is 0 Å². The zero-order valence-electron chi connectivity index (χ0n) is 9.72. The summed E-state index contributed by atoms with van der Waals surface area (Å²) in [7, 11) is -4.12. The monoisotopic (exact) mass is 298 g/mol. The topological polar surface area (TPSA) is 115 Å². The van der Waals surface area contributed by atoms with E-state index in [-0.39, 0.29) is 5.95 Å². The molecular formula is C10H7FN4O4S. The summed E-state index contributed by atoms with van der Waals surface area (Å²) in [4.78, 5) is 16.4. The fourth-order valence-corrected chi connectivity index (χ4v) is 2.30. The molecule has 0 aliphatic heterocycles. The molecule has 0 aliphatic carbocycles. The number of nitro benzene ring substituents is 1. The highest BCUT2D eigenvalue weighted by Crippen LogP contribution is 2.21. The Morgan fingerprint density at radius 1 is 1.25 bits per heavy atom. The maximum Gasteiger partial charge on any atom is 0.304 e. The molecule has 0 unspecified atom stereocenters. The van der Waals surface area contributed by atoms with Crippen molar-refractivity contribution in [2.45, 2.75) is 4.90 Å². The molecule has 1 aromatic carbocycles. The molecule has 2 aromatic rings. The Morgan fingerprint density at radius 2 is 1.90 bits per heavy atom. The Hall–Kier alpha value is -2.62. The number of nitrogens with one attached hydrogen (secondary N) is 1. The van der Waals surface area contributed by atoms with Crippen LogP contribution in [0.15, 0.2) is 41.6 Å². The number of hydrogen-bond donors (Lipinski definition) is 1. The van der Waals surface area contributed by atoms with Gasteiger partial charge in [0.15, 0.2) is 0 Å². The molecule has 0 fully saturated rings. The lowest BCUT2D eigenvalue weighted by atomic mass is 10.3. The van der Waals surface area contributed by atoms with Gasteiger partial charge in [0.05, 0.1) is 9.82 Å². The molecule has 0 bridgehead atoms. The largest absolute Gasteiger partial charge is 0.304 e. The minimum Gasteiger partial charge on any atom is -0.258 e. The van der Waals surface area contributed by atoms with Gasteiger partial charge < -0.3 is 0 Å². The van der Waals surface area contributed by atoms with Crippen molar-refractivity contribution in [2.24, 2.45) is 0 Å².